The van der Waals surface area contributed by atoms with Crippen LogP contribution in [0.25, 0.3) is 0 Å². The van der Waals surface area contributed by atoms with Gasteiger partial charge in [-0.2, -0.15) is 0 Å². The number of nitrogens with one attached hydrogen (secondary N) is 1. The Balaban J connectivity index is 2.73. The average Bonchev–Trinajstić information content (AvgIpc) is 2.22. The molecule has 0 aromatic heterocycles. The molecule has 6 heteroatoms. The first-order valence-corrected chi connectivity index (χ1v) is 4.25. The third kappa shape index (κ3) is 2.83. The largest absolute Gasteiger partial charge is 0.504 e. The van der Waals surface area contributed by atoms with Crippen molar-refractivity contribution in [1.82, 2.24) is 5.48 Å². The number of hydrogen-bond acceptors (Lipinski definition) is 5. The Morgan fingerprint density at radius 1 is 1.40 bits per heavy atom. The molecule has 0 fully saturated rings. The second kappa shape index (κ2) is 4.63. The summed E-state index contributed by atoms with van der Waals surface area (Å²) in [5.41, 5.74) is 7.45. The third-order valence-corrected chi connectivity index (χ3v) is 1.94. The number of carbonyl (C=O) groups is 1. The lowest BCUT2D eigenvalue weighted by atomic mass is 10.1. The number of amides is 1. The Morgan fingerprint density at radius 3 is 2.60 bits per heavy atom. The van der Waals surface area contributed by atoms with Gasteiger partial charge in [0, 0.05) is 0 Å². The van der Waals surface area contributed by atoms with E-state index in [1.165, 1.54) is 23.7 Å². The molecule has 82 valence electrons. The number of rotatable bonds is 3. The SMILES string of the molecule is N[C@@H](Cc1ccc(O)c(O)c1)C(=O)NO. The molecule has 1 aromatic rings. The summed E-state index contributed by atoms with van der Waals surface area (Å²) in [4.78, 5) is 10.9. The Labute approximate surface area is 85.9 Å². The molecule has 15 heavy (non-hydrogen) atoms. The maximum absolute atomic E-state index is 10.9. The second-order valence-corrected chi connectivity index (χ2v) is 3.11. The van der Waals surface area contributed by atoms with Gasteiger partial charge in [0.25, 0.3) is 5.91 Å². The predicted molar refractivity (Wildman–Crippen MR) is 51.4 cm³/mol. The van der Waals surface area contributed by atoms with Crippen LogP contribution < -0.4 is 11.2 Å². The summed E-state index contributed by atoms with van der Waals surface area (Å²) in [6.45, 7) is 0. The van der Waals surface area contributed by atoms with Crippen molar-refractivity contribution >= 4 is 5.91 Å². The number of aromatic hydroxyl groups is 2. The molecule has 6 nitrogen and oxygen atoms in total. The van der Waals surface area contributed by atoms with E-state index in [1.807, 2.05) is 0 Å². The molecule has 0 aliphatic carbocycles. The lowest BCUT2D eigenvalue weighted by Gasteiger charge is -2.09. The van der Waals surface area contributed by atoms with E-state index in [0.29, 0.717) is 5.56 Å². The van der Waals surface area contributed by atoms with Gasteiger partial charge in [0.05, 0.1) is 6.04 Å². The van der Waals surface area contributed by atoms with Crippen molar-refractivity contribution in [3.05, 3.63) is 23.8 Å². The van der Waals surface area contributed by atoms with Gasteiger partial charge in [-0.25, -0.2) is 5.48 Å². The van der Waals surface area contributed by atoms with E-state index in [2.05, 4.69) is 0 Å². The summed E-state index contributed by atoms with van der Waals surface area (Å²) in [6, 6.07) is 3.23. The fourth-order valence-electron chi connectivity index (χ4n) is 1.13. The van der Waals surface area contributed by atoms with Crippen molar-refractivity contribution < 1.29 is 20.2 Å². The molecule has 0 saturated carbocycles. The Hall–Kier alpha value is -1.79. The minimum Gasteiger partial charge on any atom is -0.504 e. The lowest BCUT2D eigenvalue weighted by molar-refractivity contribution is -0.130. The molecule has 0 bridgehead atoms. The van der Waals surface area contributed by atoms with Crippen molar-refractivity contribution in [2.45, 2.75) is 12.5 Å². The van der Waals surface area contributed by atoms with Crippen LogP contribution in [-0.2, 0) is 11.2 Å². The highest BCUT2D eigenvalue weighted by molar-refractivity contribution is 5.80. The van der Waals surface area contributed by atoms with E-state index >= 15 is 0 Å². The van der Waals surface area contributed by atoms with Crippen LogP contribution in [0.3, 0.4) is 0 Å². The minimum absolute atomic E-state index is 0.153. The van der Waals surface area contributed by atoms with Crippen LogP contribution in [0.1, 0.15) is 5.56 Å². The molecule has 6 N–H and O–H groups in total. The Bertz CT molecular complexity index is 367. The second-order valence-electron chi connectivity index (χ2n) is 3.11. The van der Waals surface area contributed by atoms with Gasteiger partial charge < -0.3 is 15.9 Å². The molecule has 0 saturated heterocycles. The molecular formula is C9H12N2O4. The van der Waals surface area contributed by atoms with E-state index in [4.69, 9.17) is 21.2 Å². The smallest absolute Gasteiger partial charge is 0.260 e. The molecule has 0 unspecified atom stereocenters. The highest BCUT2D eigenvalue weighted by Gasteiger charge is 2.13. The number of nitrogens with two attached hydrogens (primary N) is 1. The summed E-state index contributed by atoms with van der Waals surface area (Å²) >= 11 is 0. The van der Waals surface area contributed by atoms with E-state index in [0.717, 1.165) is 0 Å². The third-order valence-electron chi connectivity index (χ3n) is 1.94. The van der Waals surface area contributed by atoms with Crippen LogP contribution in [0.15, 0.2) is 18.2 Å². The molecule has 0 heterocycles. The topological polar surface area (TPSA) is 116 Å². The van der Waals surface area contributed by atoms with Crippen molar-refractivity contribution in [2.24, 2.45) is 5.73 Å². The summed E-state index contributed by atoms with van der Waals surface area (Å²) in [5, 5.41) is 26.5. The molecule has 0 spiro atoms. The van der Waals surface area contributed by atoms with Crippen LogP contribution in [0.2, 0.25) is 0 Å². The van der Waals surface area contributed by atoms with Crippen LogP contribution in [0.4, 0.5) is 0 Å². The van der Waals surface area contributed by atoms with Crippen LogP contribution in [0, 0.1) is 0 Å². The van der Waals surface area contributed by atoms with Crippen molar-refractivity contribution in [2.75, 3.05) is 0 Å². The van der Waals surface area contributed by atoms with E-state index in [9.17, 15) is 4.79 Å². The summed E-state index contributed by atoms with van der Waals surface area (Å²) < 4.78 is 0. The van der Waals surface area contributed by atoms with Crippen molar-refractivity contribution in [3.8, 4) is 11.5 Å². The maximum Gasteiger partial charge on any atom is 0.260 e. The fourth-order valence-corrected chi connectivity index (χ4v) is 1.13. The summed E-state index contributed by atoms with van der Waals surface area (Å²) in [7, 11) is 0. The molecule has 0 aliphatic rings. The van der Waals surface area contributed by atoms with Crippen molar-refractivity contribution in [1.29, 1.82) is 0 Å². The zero-order valence-electron chi connectivity index (χ0n) is 7.84. The molecular weight excluding hydrogens is 200 g/mol. The molecule has 1 atom stereocenters. The Kier molecular flexibility index (Phi) is 3.48. The maximum atomic E-state index is 10.9. The van der Waals surface area contributed by atoms with Gasteiger partial charge in [-0.1, -0.05) is 6.07 Å². The van der Waals surface area contributed by atoms with Crippen LogP contribution >= 0.6 is 0 Å². The minimum atomic E-state index is -0.904. The molecule has 1 rings (SSSR count). The number of carbonyl (C=O) groups excluding carboxylic acids is 1. The first kappa shape index (κ1) is 11.3. The van der Waals surface area contributed by atoms with Gasteiger partial charge in [0.2, 0.25) is 0 Å². The molecule has 1 amide bonds. The number of hydrogen-bond donors (Lipinski definition) is 5. The van der Waals surface area contributed by atoms with Crippen LogP contribution in [0.5, 0.6) is 11.5 Å². The lowest BCUT2D eigenvalue weighted by Crippen LogP contribution is -2.40. The molecule has 1 aromatic carbocycles. The quantitative estimate of drug-likeness (QED) is 0.262. The van der Waals surface area contributed by atoms with Gasteiger partial charge in [-0.3, -0.25) is 10.0 Å². The van der Waals surface area contributed by atoms with Crippen molar-refractivity contribution in [3.63, 3.8) is 0 Å². The predicted octanol–water partition coefficient (Wildman–Crippen LogP) is -0.527. The monoisotopic (exact) mass is 212 g/mol. The zero-order valence-corrected chi connectivity index (χ0v) is 7.84. The highest BCUT2D eigenvalue weighted by atomic mass is 16.5. The van der Waals surface area contributed by atoms with E-state index in [-0.39, 0.29) is 17.9 Å². The average molecular weight is 212 g/mol. The van der Waals surface area contributed by atoms with Gasteiger partial charge in [-0.05, 0) is 24.1 Å². The zero-order chi connectivity index (χ0) is 11.4. The van der Waals surface area contributed by atoms with Gasteiger partial charge in [0.15, 0.2) is 11.5 Å². The number of hydroxylamine groups is 1. The Morgan fingerprint density at radius 2 is 2.07 bits per heavy atom. The highest BCUT2D eigenvalue weighted by Crippen LogP contribution is 2.25. The fraction of sp³-hybridized carbons (Fsp3) is 0.222. The number of benzene rings is 1. The van der Waals surface area contributed by atoms with E-state index < -0.39 is 11.9 Å². The first-order chi connectivity index (χ1) is 7.04. The number of phenols is 2. The summed E-state index contributed by atoms with van der Waals surface area (Å²) in [5.74, 6) is -1.22. The normalized spacial score (nSPS) is 12.1. The van der Waals surface area contributed by atoms with Crippen LogP contribution in [-0.4, -0.2) is 27.4 Å². The van der Waals surface area contributed by atoms with E-state index in [1.54, 1.807) is 0 Å². The number of phenolic OH excluding ortho intramolecular Hbond substituents is 2. The standard InChI is InChI=1S/C9H12N2O4/c10-6(9(14)11-15)3-5-1-2-7(12)8(13)4-5/h1-2,4,6,12-13,15H,3,10H2,(H,11,14)/t6-/m0/s1. The first-order valence-electron chi connectivity index (χ1n) is 4.25. The summed E-state index contributed by atoms with van der Waals surface area (Å²) in [6.07, 6.45) is 0.153. The molecule has 0 aliphatic heterocycles. The molecule has 0 radical (unpaired) electrons. The van der Waals surface area contributed by atoms with Gasteiger partial charge >= 0.3 is 0 Å². The van der Waals surface area contributed by atoms with Gasteiger partial charge in [-0.15, -0.1) is 0 Å². The van der Waals surface area contributed by atoms with Gasteiger partial charge in [0.1, 0.15) is 0 Å².